The van der Waals surface area contributed by atoms with Crippen LogP contribution >= 0.6 is 12.2 Å². The zero-order chi connectivity index (χ0) is 28.6. The minimum Gasteiger partial charge on any atom is -0.495 e. The Morgan fingerprint density at radius 1 is 1.07 bits per heavy atom. The number of hydrogen-bond acceptors (Lipinski definition) is 6. The molecule has 0 unspecified atom stereocenters. The van der Waals surface area contributed by atoms with Gasteiger partial charge < -0.3 is 24.3 Å². The van der Waals surface area contributed by atoms with Crippen molar-refractivity contribution in [3.8, 4) is 17.2 Å². The molecule has 1 aliphatic heterocycles. The number of nitrogens with zero attached hydrogens (tertiary/aromatic N) is 4. The van der Waals surface area contributed by atoms with E-state index in [1.807, 2.05) is 74.7 Å². The van der Waals surface area contributed by atoms with E-state index in [1.54, 1.807) is 25.4 Å². The molecule has 2 aromatic heterocycles. The molecule has 0 amide bonds. The van der Waals surface area contributed by atoms with Gasteiger partial charge in [-0.05, 0) is 94.0 Å². The Labute approximate surface area is 238 Å². The normalized spacial score (nSPS) is 16.8. The summed E-state index contributed by atoms with van der Waals surface area (Å²) in [6, 6.07) is 20.0. The summed E-state index contributed by atoms with van der Waals surface area (Å²) in [5, 5.41) is 15.7. The number of hydrogen-bond donors (Lipinski definition) is 1. The first-order valence-corrected chi connectivity index (χ1v) is 13.4. The van der Waals surface area contributed by atoms with Crippen LogP contribution in [-0.2, 0) is 0 Å². The van der Waals surface area contributed by atoms with Crippen LogP contribution in [0.1, 0.15) is 48.6 Å². The van der Waals surface area contributed by atoms with E-state index in [4.69, 9.17) is 21.7 Å². The molecule has 1 saturated heterocycles. The molecule has 9 nitrogen and oxygen atoms in total. The predicted octanol–water partition coefficient (Wildman–Crippen LogP) is 6.37. The van der Waals surface area contributed by atoms with E-state index in [-0.39, 0.29) is 23.9 Å². The predicted molar refractivity (Wildman–Crippen MR) is 159 cm³/mol. The van der Waals surface area contributed by atoms with E-state index in [2.05, 4.69) is 21.3 Å². The van der Waals surface area contributed by atoms with Gasteiger partial charge in [-0.1, -0.05) is 6.07 Å². The SMILES string of the molecule is COc1ccc([N+](=O)[O-])cc1-n1c(C)cc([C@H]2[C@H](c3ccccn3)NC(=S)N2c2ccc(OC(C)C)cc2)c1C. The highest BCUT2D eigenvalue weighted by molar-refractivity contribution is 7.80. The fourth-order valence-corrected chi connectivity index (χ4v) is 5.68. The molecule has 0 spiro atoms. The summed E-state index contributed by atoms with van der Waals surface area (Å²) < 4.78 is 13.5. The van der Waals surface area contributed by atoms with Gasteiger partial charge in [0.25, 0.3) is 5.69 Å². The number of rotatable bonds is 8. The Balaban J connectivity index is 1.66. The Morgan fingerprint density at radius 3 is 2.45 bits per heavy atom. The van der Waals surface area contributed by atoms with Gasteiger partial charge in [0, 0.05) is 35.4 Å². The Hall–Kier alpha value is -4.44. The van der Waals surface area contributed by atoms with Crippen LogP contribution < -0.4 is 19.7 Å². The molecular formula is C30H31N5O4S. The smallest absolute Gasteiger partial charge is 0.271 e. The van der Waals surface area contributed by atoms with Gasteiger partial charge in [-0.3, -0.25) is 15.1 Å². The standard InChI is InChI=1S/C30H31N5O4S/c1-18(2)39-23-12-9-21(10-13-23)34-29(28(32-30(34)40)25-8-6-7-15-31-25)24-16-19(3)33(20(24)4)26-17-22(35(36)37)11-14-27(26)38-5/h6-18,28-29H,1-5H3,(H,32,40)/t28-,29-/m0/s1. The van der Waals surface area contributed by atoms with Crippen molar-refractivity contribution in [3.63, 3.8) is 0 Å². The van der Waals surface area contributed by atoms with Gasteiger partial charge in [0.2, 0.25) is 0 Å². The third-order valence-electron chi connectivity index (χ3n) is 6.99. The van der Waals surface area contributed by atoms with E-state index < -0.39 is 4.92 Å². The van der Waals surface area contributed by atoms with Crippen molar-refractivity contribution in [1.29, 1.82) is 0 Å². The second-order valence-electron chi connectivity index (χ2n) is 9.93. The number of aromatic nitrogens is 2. The fourth-order valence-electron chi connectivity index (χ4n) is 5.33. The summed E-state index contributed by atoms with van der Waals surface area (Å²) >= 11 is 5.90. The quantitative estimate of drug-likeness (QED) is 0.152. The Morgan fingerprint density at radius 2 is 1.82 bits per heavy atom. The van der Waals surface area contributed by atoms with Crippen LogP contribution in [0.2, 0.25) is 0 Å². The van der Waals surface area contributed by atoms with E-state index in [0.717, 1.165) is 34.1 Å². The molecule has 1 aliphatic rings. The highest BCUT2D eigenvalue weighted by Gasteiger charge is 2.42. The number of nitro groups is 1. The molecule has 0 aliphatic carbocycles. The first kappa shape index (κ1) is 27.1. The highest BCUT2D eigenvalue weighted by Crippen LogP contribution is 2.44. The van der Waals surface area contributed by atoms with Crippen LogP contribution in [0.3, 0.4) is 0 Å². The molecule has 40 heavy (non-hydrogen) atoms. The number of anilines is 1. The average molecular weight is 558 g/mol. The number of nitrogens with one attached hydrogen (secondary N) is 1. The zero-order valence-electron chi connectivity index (χ0n) is 23.0. The number of aryl methyl sites for hydroxylation is 1. The van der Waals surface area contributed by atoms with Crippen LogP contribution in [0.25, 0.3) is 5.69 Å². The lowest BCUT2D eigenvalue weighted by molar-refractivity contribution is -0.384. The average Bonchev–Trinajstić information content (AvgIpc) is 3.43. The number of ether oxygens (including phenoxy) is 2. The third kappa shape index (κ3) is 4.98. The highest BCUT2D eigenvalue weighted by atomic mass is 32.1. The van der Waals surface area contributed by atoms with Gasteiger partial charge in [-0.15, -0.1) is 0 Å². The van der Waals surface area contributed by atoms with Crippen LogP contribution in [-0.4, -0.2) is 32.8 Å². The number of thiocarbonyl (C=S) groups is 1. The summed E-state index contributed by atoms with van der Waals surface area (Å²) in [6.07, 6.45) is 1.84. The molecule has 1 fully saturated rings. The van der Waals surface area contributed by atoms with E-state index >= 15 is 0 Å². The van der Waals surface area contributed by atoms with E-state index in [9.17, 15) is 10.1 Å². The number of pyridine rings is 1. The minimum atomic E-state index is -0.400. The number of nitro benzene ring substituents is 1. The van der Waals surface area contributed by atoms with Gasteiger partial charge in [-0.25, -0.2) is 0 Å². The van der Waals surface area contributed by atoms with Crippen molar-refractivity contribution in [2.45, 2.75) is 45.9 Å². The van der Waals surface area contributed by atoms with Crippen molar-refractivity contribution in [1.82, 2.24) is 14.9 Å². The van der Waals surface area contributed by atoms with Crippen molar-refractivity contribution in [3.05, 3.63) is 106 Å². The molecular weight excluding hydrogens is 526 g/mol. The molecule has 2 aromatic carbocycles. The lowest BCUT2D eigenvalue weighted by atomic mass is 9.96. The van der Waals surface area contributed by atoms with E-state index in [0.29, 0.717) is 16.5 Å². The van der Waals surface area contributed by atoms with Gasteiger partial charge in [0.15, 0.2) is 5.11 Å². The summed E-state index contributed by atoms with van der Waals surface area (Å²) in [6.45, 7) is 7.98. The molecule has 3 heterocycles. The fraction of sp³-hybridized carbons (Fsp3) is 0.267. The van der Waals surface area contributed by atoms with Gasteiger partial charge in [0.1, 0.15) is 11.5 Å². The monoisotopic (exact) mass is 557 g/mol. The first-order valence-electron chi connectivity index (χ1n) is 13.0. The topological polar surface area (TPSA) is 94.7 Å². The number of non-ortho nitro benzene ring substituents is 1. The second-order valence-corrected chi connectivity index (χ2v) is 10.3. The molecule has 0 bridgehead atoms. The summed E-state index contributed by atoms with van der Waals surface area (Å²) in [5.41, 5.74) is 5.19. The zero-order valence-corrected chi connectivity index (χ0v) is 23.8. The number of methoxy groups -OCH3 is 1. The van der Waals surface area contributed by atoms with Crippen molar-refractivity contribution >= 4 is 28.7 Å². The van der Waals surface area contributed by atoms with Gasteiger partial charge in [0.05, 0.1) is 41.6 Å². The minimum absolute atomic E-state index is 0.00902. The summed E-state index contributed by atoms with van der Waals surface area (Å²) in [4.78, 5) is 17.9. The maximum Gasteiger partial charge on any atom is 0.271 e. The lowest BCUT2D eigenvalue weighted by Crippen LogP contribution is -2.29. The maximum atomic E-state index is 11.6. The second kappa shape index (κ2) is 11.0. The molecule has 0 saturated carbocycles. The first-order chi connectivity index (χ1) is 19.2. The number of benzene rings is 2. The van der Waals surface area contributed by atoms with Crippen molar-refractivity contribution < 1.29 is 14.4 Å². The Bertz CT molecular complexity index is 1550. The molecule has 1 N–H and O–H groups in total. The molecule has 5 rings (SSSR count). The largest absolute Gasteiger partial charge is 0.495 e. The summed E-state index contributed by atoms with van der Waals surface area (Å²) in [5.74, 6) is 1.32. The van der Waals surface area contributed by atoms with E-state index in [1.165, 1.54) is 6.07 Å². The molecule has 206 valence electrons. The maximum absolute atomic E-state index is 11.6. The van der Waals surface area contributed by atoms with Crippen LogP contribution in [0, 0.1) is 24.0 Å². The summed E-state index contributed by atoms with van der Waals surface area (Å²) in [7, 11) is 1.56. The van der Waals surface area contributed by atoms with Crippen molar-refractivity contribution in [2.24, 2.45) is 0 Å². The molecule has 0 radical (unpaired) electrons. The molecule has 10 heteroatoms. The van der Waals surface area contributed by atoms with Crippen molar-refractivity contribution in [2.75, 3.05) is 12.0 Å². The van der Waals surface area contributed by atoms with Gasteiger partial charge in [-0.2, -0.15) is 0 Å². The van der Waals surface area contributed by atoms with Crippen LogP contribution in [0.5, 0.6) is 11.5 Å². The Kier molecular flexibility index (Phi) is 7.44. The van der Waals surface area contributed by atoms with Gasteiger partial charge >= 0.3 is 0 Å². The van der Waals surface area contributed by atoms with Crippen LogP contribution in [0.4, 0.5) is 11.4 Å². The molecule has 2 atom stereocenters. The van der Waals surface area contributed by atoms with Crippen LogP contribution in [0.15, 0.2) is 72.9 Å². The third-order valence-corrected chi connectivity index (χ3v) is 7.30. The molecule has 4 aromatic rings. The lowest BCUT2D eigenvalue weighted by Gasteiger charge is -2.28.